The van der Waals surface area contributed by atoms with E-state index in [1.165, 1.54) is 29.1 Å². The fourth-order valence-corrected chi connectivity index (χ4v) is 1.71. The number of nitrogens with zero attached hydrogens (tertiary/aromatic N) is 2. The minimum atomic E-state index is -4.38. The molecule has 0 fully saturated rings. The standard InChI is InChI=1S/C13H11F3N2O/c1-2-18-8-7-17-11(12(18)19)9-3-5-10(6-4-9)13(14,15)16/h3-8H,2H2,1H3. The summed E-state index contributed by atoms with van der Waals surface area (Å²) in [5.41, 5.74) is -0.536. The smallest absolute Gasteiger partial charge is 0.312 e. The number of aryl methyl sites for hydroxylation is 1. The molecule has 0 saturated heterocycles. The molecule has 0 unspecified atom stereocenters. The lowest BCUT2D eigenvalue weighted by Gasteiger charge is -2.08. The van der Waals surface area contributed by atoms with Crippen molar-refractivity contribution in [2.24, 2.45) is 0 Å². The van der Waals surface area contributed by atoms with Crippen molar-refractivity contribution in [2.75, 3.05) is 0 Å². The fourth-order valence-electron chi connectivity index (χ4n) is 1.71. The monoisotopic (exact) mass is 268 g/mol. The summed E-state index contributed by atoms with van der Waals surface area (Å²) in [6, 6.07) is 4.40. The van der Waals surface area contributed by atoms with E-state index in [0.717, 1.165) is 12.1 Å². The Labute approximate surface area is 107 Å². The highest BCUT2D eigenvalue weighted by atomic mass is 19.4. The van der Waals surface area contributed by atoms with Gasteiger partial charge in [-0.05, 0) is 19.1 Å². The first kappa shape index (κ1) is 13.3. The predicted octanol–water partition coefficient (Wildman–Crippen LogP) is 2.95. The number of rotatable bonds is 2. The molecule has 0 saturated carbocycles. The maximum atomic E-state index is 12.4. The van der Waals surface area contributed by atoms with E-state index in [1.54, 1.807) is 6.92 Å². The summed E-state index contributed by atoms with van der Waals surface area (Å²) in [5.74, 6) is 0. The number of hydrogen-bond donors (Lipinski definition) is 0. The van der Waals surface area contributed by atoms with E-state index in [-0.39, 0.29) is 11.3 Å². The zero-order chi connectivity index (χ0) is 14.0. The summed E-state index contributed by atoms with van der Waals surface area (Å²) >= 11 is 0. The number of alkyl halides is 3. The maximum absolute atomic E-state index is 12.4. The Hall–Kier alpha value is -2.11. The van der Waals surface area contributed by atoms with Gasteiger partial charge in [0.25, 0.3) is 5.56 Å². The van der Waals surface area contributed by atoms with Crippen LogP contribution in [0.1, 0.15) is 12.5 Å². The second kappa shape index (κ2) is 4.87. The largest absolute Gasteiger partial charge is 0.416 e. The molecular weight excluding hydrogens is 257 g/mol. The Bertz CT molecular complexity index is 630. The minimum Gasteiger partial charge on any atom is -0.312 e. The van der Waals surface area contributed by atoms with Gasteiger partial charge in [-0.2, -0.15) is 13.2 Å². The number of benzene rings is 1. The van der Waals surface area contributed by atoms with Crippen molar-refractivity contribution in [1.29, 1.82) is 0 Å². The Morgan fingerprint density at radius 3 is 2.37 bits per heavy atom. The first-order valence-electron chi connectivity index (χ1n) is 5.66. The average molecular weight is 268 g/mol. The van der Waals surface area contributed by atoms with E-state index in [1.807, 2.05) is 0 Å². The van der Waals surface area contributed by atoms with Gasteiger partial charge in [0.2, 0.25) is 0 Å². The van der Waals surface area contributed by atoms with Crippen LogP contribution < -0.4 is 5.56 Å². The number of hydrogen-bond acceptors (Lipinski definition) is 2. The first-order chi connectivity index (χ1) is 8.93. The summed E-state index contributed by atoms with van der Waals surface area (Å²) in [5, 5.41) is 0. The molecule has 0 aliphatic rings. The normalized spacial score (nSPS) is 11.6. The molecule has 1 aromatic heterocycles. The van der Waals surface area contributed by atoms with Crippen LogP contribution in [0.2, 0.25) is 0 Å². The zero-order valence-corrected chi connectivity index (χ0v) is 10.1. The van der Waals surface area contributed by atoms with Crippen molar-refractivity contribution in [2.45, 2.75) is 19.6 Å². The van der Waals surface area contributed by atoms with Crippen molar-refractivity contribution < 1.29 is 13.2 Å². The zero-order valence-electron chi connectivity index (χ0n) is 10.1. The van der Waals surface area contributed by atoms with Crippen LogP contribution in [-0.4, -0.2) is 9.55 Å². The first-order valence-corrected chi connectivity index (χ1v) is 5.66. The summed E-state index contributed by atoms with van der Waals surface area (Å²) in [6.07, 6.45) is -1.39. The molecule has 6 heteroatoms. The summed E-state index contributed by atoms with van der Waals surface area (Å²) in [4.78, 5) is 15.9. The molecule has 0 aliphatic heterocycles. The molecule has 0 spiro atoms. The molecule has 1 heterocycles. The fraction of sp³-hybridized carbons (Fsp3) is 0.231. The van der Waals surface area contributed by atoms with Gasteiger partial charge >= 0.3 is 6.18 Å². The predicted molar refractivity (Wildman–Crippen MR) is 64.6 cm³/mol. The van der Waals surface area contributed by atoms with Gasteiger partial charge in [-0.25, -0.2) is 4.98 Å². The van der Waals surface area contributed by atoms with Gasteiger partial charge < -0.3 is 4.57 Å². The number of halogens is 3. The quantitative estimate of drug-likeness (QED) is 0.839. The van der Waals surface area contributed by atoms with E-state index in [2.05, 4.69) is 4.98 Å². The van der Waals surface area contributed by atoms with E-state index in [9.17, 15) is 18.0 Å². The lowest BCUT2D eigenvalue weighted by Crippen LogP contribution is -2.21. The molecule has 19 heavy (non-hydrogen) atoms. The number of aromatic nitrogens is 2. The topological polar surface area (TPSA) is 34.9 Å². The highest BCUT2D eigenvalue weighted by molar-refractivity contribution is 5.58. The van der Waals surface area contributed by atoms with Crippen LogP contribution in [0, 0.1) is 0 Å². The van der Waals surface area contributed by atoms with Crippen LogP contribution in [0.5, 0.6) is 0 Å². The molecule has 2 rings (SSSR count). The molecular formula is C13H11F3N2O. The summed E-state index contributed by atoms with van der Waals surface area (Å²) in [7, 11) is 0. The molecule has 2 aromatic rings. The van der Waals surface area contributed by atoms with Crippen molar-refractivity contribution in [3.05, 3.63) is 52.6 Å². The van der Waals surface area contributed by atoms with E-state index in [0.29, 0.717) is 12.1 Å². The molecule has 0 bridgehead atoms. The Kier molecular flexibility index (Phi) is 3.42. The molecule has 3 nitrogen and oxygen atoms in total. The van der Waals surface area contributed by atoms with Crippen molar-refractivity contribution in [3.8, 4) is 11.3 Å². The Morgan fingerprint density at radius 1 is 1.21 bits per heavy atom. The van der Waals surface area contributed by atoms with Crippen LogP contribution in [0.15, 0.2) is 41.5 Å². The van der Waals surface area contributed by atoms with Gasteiger partial charge in [-0.1, -0.05) is 12.1 Å². The van der Waals surface area contributed by atoms with E-state index >= 15 is 0 Å². The van der Waals surface area contributed by atoms with Crippen LogP contribution in [0.3, 0.4) is 0 Å². The lowest BCUT2D eigenvalue weighted by atomic mass is 10.1. The van der Waals surface area contributed by atoms with Gasteiger partial charge in [-0.3, -0.25) is 4.79 Å². The molecule has 0 radical (unpaired) electrons. The summed E-state index contributed by atoms with van der Waals surface area (Å²) < 4.78 is 38.8. The minimum absolute atomic E-state index is 0.151. The molecule has 0 amide bonds. The molecule has 100 valence electrons. The van der Waals surface area contributed by atoms with Gasteiger partial charge in [-0.15, -0.1) is 0 Å². The highest BCUT2D eigenvalue weighted by Crippen LogP contribution is 2.30. The van der Waals surface area contributed by atoms with Gasteiger partial charge in [0.1, 0.15) is 5.69 Å². The third-order valence-corrected chi connectivity index (χ3v) is 2.74. The van der Waals surface area contributed by atoms with Crippen LogP contribution in [0.4, 0.5) is 13.2 Å². The second-order valence-electron chi connectivity index (χ2n) is 3.94. The van der Waals surface area contributed by atoms with Crippen LogP contribution in [0.25, 0.3) is 11.3 Å². The van der Waals surface area contributed by atoms with Gasteiger partial charge in [0.15, 0.2) is 0 Å². The SMILES string of the molecule is CCn1ccnc(-c2ccc(C(F)(F)F)cc2)c1=O. The third-order valence-electron chi connectivity index (χ3n) is 2.74. The van der Waals surface area contributed by atoms with E-state index in [4.69, 9.17) is 0 Å². The van der Waals surface area contributed by atoms with Crippen LogP contribution >= 0.6 is 0 Å². The van der Waals surface area contributed by atoms with Crippen LogP contribution in [-0.2, 0) is 12.7 Å². The van der Waals surface area contributed by atoms with E-state index < -0.39 is 11.7 Å². The van der Waals surface area contributed by atoms with Crippen molar-refractivity contribution in [1.82, 2.24) is 9.55 Å². The van der Waals surface area contributed by atoms with Gasteiger partial charge in [0.05, 0.1) is 5.56 Å². The Morgan fingerprint density at radius 2 is 1.84 bits per heavy atom. The highest BCUT2D eigenvalue weighted by Gasteiger charge is 2.30. The maximum Gasteiger partial charge on any atom is 0.416 e. The van der Waals surface area contributed by atoms with Gasteiger partial charge in [0, 0.05) is 24.5 Å². The molecule has 0 aliphatic carbocycles. The average Bonchev–Trinajstić information content (AvgIpc) is 2.38. The van der Waals surface area contributed by atoms with Crippen molar-refractivity contribution in [3.63, 3.8) is 0 Å². The third kappa shape index (κ3) is 2.67. The Balaban J connectivity index is 2.46. The lowest BCUT2D eigenvalue weighted by molar-refractivity contribution is -0.137. The molecule has 0 N–H and O–H groups in total. The second-order valence-corrected chi connectivity index (χ2v) is 3.94. The molecule has 1 aromatic carbocycles. The molecule has 0 atom stereocenters. The van der Waals surface area contributed by atoms with Crippen molar-refractivity contribution >= 4 is 0 Å². The summed E-state index contributed by atoms with van der Waals surface area (Å²) in [6.45, 7) is 2.28.